The fraction of sp³-hybridized carbons (Fsp3) is 0.905. The highest BCUT2D eigenvalue weighted by molar-refractivity contribution is 5.78. The lowest BCUT2D eigenvalue weighted by Crippen LogP contribution is -2.37. The maximum atomic E-state index is 11.7. The second-order valence-electron chi connectivity index (χ2n) is 7.12. The Morgan fingerprint density at radius 2 is 0.840 bits per heavy atom. The highest BCUT2D eigenvalue weighted by Gasteiger charge is 2.03. The molecule has 4 nitrogen and oxygen atoms in total. The van der Waals surface area contributed by atoms with Gasteiger partial charge < -0.3 is 10.6 Å². The molecular weight excluding hydrogens is 312 g/mol. The van der Waals surface area contributed by atoms with Gasteiger partial charge in [0, 0.05) is 12.8 Å². The maximum absolute atomic E-state index is 11.7. The minimum atomic E-state index is 0.0461. The van der Waals surface area contributed by atoms with Crippen molar-refractivity contribution < 1.29 is 9.59 Å². The molecule has 0 unspecified atom stereocenters. The Kier molecular flexibility index (Phi) is 18.5. The van der Waals surface area contributed by atoms with Crippen molar-refractivity contribution in [2.45, 2.75) is 117 Å². The number of hydrogen-bond donors (Lipinski definition) is 2. The molecule has 0 aromatic rings. The first kappa shape index (κ1) is 23.9. The Labute approximate surface area is 155 Å². The van der Waals surface area contributed by atoms with Gasteiger partial charge in [-0.15, -0.1) is 0 Å². The van der Waals surface area contributed by atoms with Crippen LogP contribution >= 0.6 is 0 Å². The van der Waals surface area contributed by atoms with E-state index < -0.39 is 0 Å². The van der Waals surface area contributed by atoms with E-state index in [1.165, 1.54) is 64.2 Å². The Morgan fingerprint density at radius 1 is 0.520 bits per heavy atom. The summed E-state index contributed by atoms with van der Waals surface area (Å²) in [6, 6.07) is 0. The van der Waals surface area contributed by atoms with Crippen molar-refractivity contribution in [2.75, 3.05) is 6.67 Å². The van der Waals surface area contributed by atoms with Crippen molar-refractivity contribution >= 4 is 11.8 Å². The van der Waals surface area contributed by atoms with E-state index in [0.717, 1.165) is 25.7 Å². The molecule has 148 valence electrons. The van der Waals surface area contributed by atoms with Gasteiger partial charge >= 0.3 is 0 Å². The largest absolute Gasteiger partial charge is 0.339 e. The third kappa shape index (κ3) is 19.1. The van der Waals surface area contributed by atoms with Gasteiger partial charge in [0.1, 0.15) is 0 Å². The highest BCUT2D eigenvalue weighted by Crippen LogP contribution is 2.09. The molecule has 0 bridgehead atoms. The fourth-order valence-electron chi connectivity index (χ4n) is 2.90. The second kappa shape index (κ2) is 19.3. The van der Waals surface area contributed by atoms with E-state index in [0.29, 0.717) is 12.8 Å². The first-order valence-corrected chi connectivity index (χ1v) is 10.7. The summed E-state index contributed by atoms with van der Waals surface area (Å²) < 4.78 is 0. The zero-order valence-corrected chi connectivity index (χ0v) is 16.8. The van der Waals surface area contributed by atoms with Crippen LogP contribution < -0.4 is 10.6 Å². The average Bonchev–Trinajstić information content (AvgIpc) is 2.60. The van der Waals surface area contributed by atoms with E-state index >= 15 is 0 Å². The van der Waals surface area contributed by atoms with E-state index in [2.05, 4.69) is 24.5 Å². The van der Waals surface area contributed by atoms with Crippen LogP contribution in [0, 0.1) is 0 Å². The molecular formula is C21H42N2O2. The molecule has 0 aromatic carbocycles. The Hall–Kier alpha value is -1.06. The molecule has 0 saturated heterocycles. The molecule has 2 amide bonds. The standard InChI is InChI=1S/C21H42N2O2/c1-3-5-7-9-11-13-15-17-20(24)22-19-23-21(25)18-16-14-12-10-8-6-4-2/h3-19H2,1-2H3,(H,22,24)(H,23,25). The predicted octanol–water partition coefficient (Wildman–Crippen LogP) is 5.46. The van der Waals surface area contributed by atoms with Crippen molar-refractivity contribution in [1.82, 2.24) is 10.6 Å². The number of amides is 2. The summed E-state index contributed by atoms with van der Waals surface area (Å²) in [5.74, 6) is 0.0922. The van der Waals surface area contributed by atoms with Crippen molar-refractivity contribution in [3.63, 3.8) is 0 Å². The molecule has 0 radical (unpaired) electrons. The summed E-state index contributed by atoms with van der Waals surface area (Å²) in [5.41, 5.74) is 0. The Bertz CT molecular complexity index is 289. The van der Waals surface area contributed by atoms with Crippen molar-refractivity contribution in [3.8, 4) is 0 Å². The van der Waals surface area contributed by atoms with E-state index in [4.69, 9.17) is 0 Å². The number of carbonyl (C=O) groups excluding carboxylic acids is 2. The summed E-state index contributed by atoms with van der Waals surface area (Å²) in [7, 11) is 0. The lowest BCUT2D eigenvalue weighted by Gasteiger charge is -2.07. The average molecular weight is 355 g/mol. The first-order chi connectivity index (χ1) is 12.2. The van der Waals surface area contributed by atoms with Crippen molar-refractivity contribution in [2.24, 2.45) is 0 Å². The number of hydrogen-bond acceptors (Lipinski definition) is 2. The van der Waals surface area contributed by atoms with Gasteiger partial charge in [0.15, 0.2) is 0 Å². The number of rotatable bonds is 18. The van der Waals surface area contributed by atoms with E-state index in [1.54, 1.807) is 0 Å². The molecule has 0 aliphatic rings. The molecule has 0 saturated carbocycles. The summed E-state index contributed by atoms with van der Waals surface area (Å²) in [6.45, 7) is 4.71. The number of nitrogens with one attached hydrogen (secondary N) is 2. The SMILES string of the molecule is CCCCCCCCCC(=O)NCNC(=O)CCCCCCCCC. The molecule has 25 heavy (non-hydrogen) atoms. The van der Waals surface area contributed by atoms with Gasteiger partial charge in [-0.1, -0.05) is 90.9 Å². The van der Waals surface area contributed by atoms with Gasteiger partial charge in [-0.05, 0) is 12.8 Å². The molecule has 0 aliphatic heterocycles. The summed E-state index contributed by atoms with van der Waals surface area (Å²) >= 11 is 0. The normalized spacial score (nSPS) is 10.6. The van der Waals surface area contributed by atoms with Gasteiger partial charge in [0.25, 0.3) is 0 Å². The third-order valence-electron chi connectivity index (χ3n) is 4.59. The Balaban J connectivity index is 3.32. The maximum Gasteiger partial charge on any atom is 0.221 e. The van der Waals surface area contributed by atoms with Crippen LogP contribution in [0.25, 0.3) is 0 Å². The van der Waals surface area contributed by atoms with Crippen LogP contribution in [-0.4, -0.2) is 18.5 Å². The molecule has 2 N–H and O–H groups in total. The monoisotopic (exact) mass is 354 g/mol. The summed E-state index contributed by atoms with van der Waals surface area (Å²) in [6.07, 6.45) is 18.1. The molecule has 0 aromatic heterocycles. The molecule has 0 atom stereocenters. The number of unbranched alkanes of at least 4 members (excludes halogenated alkanes) is 12. The summed E-state index contributed by atoms with van der Waals surface area (Å²) in [4.78, 5) is 23.4. The van der Waals surface area contributed by atoms with Crippen LogP contribution in [0.4, 0.5) is 0 Å². The molecule has 0 aliphatic carbocycles. The lowest BCUT2D eigenvalue weighted by atomic mass is 10.1. The van der Waals surface area contributed by atoms with Crippen molar-refractivity contribution in [3.05, 3.63) is 0 Å². The highest BCUT2D eigenvalue weighted by atomic mass is 16.2. The molecule has 0 spiro atoms. The molecule has 0 rings (SSSR count). The molecule has 0 heterocycles. The Morgan fingerprint density at radius 3 is 1.20 bits per heavy atom. The summed E-state index contributed by atoms with van der Waals surface area (Å²) in [5, 5.41) is 5.56. The minimum Gasteiger partial charge on any atom is -0.339 e. The van der Waals surface area contributed by atoms with E-state index in [9.17, 15) is 9.59 Å². The first-order valence-electron chi connectivity index (χ1n) is 10.7. The van der Waals surface area contributed by atoms with Crippen LogP contribution in [0.1, 0.15) is 117 Å². The third-order valence-corrected chi connectivity index (χ3v) is 4.59. The second-order valence-corrected chi connectivity index (χ2v) is 7.12. The van der Waals surface area contributed by atoms with Gasteiger partial charge in [0.2, 0.25) is 11.8 Å². The molecule has 0 fully saturated rings. The molecule has 4 heteroatoms. The van der Waals surface area contributed by atoms with Crippen LogP contribution in [0.15, 0.2) is 0 Å². The smallest absolute Gasteiger partial charge is 0.221 e. The number of carbonyl (C=O) groups is 2. The van der Waals surface area contributed by atoms with E-state index in [-0.39, 0.29) is 18.5 Å². The van der Waals surface area contributed by atoms with Crippen LogP contribution in [0.2, 0.25) is 0 Å². The van der Waals surface area contributed by atoms with Gasteiger partial charge in [-0.2, -0.15) is 0 Å². The van der Waals surface area contributed by atoms with Crippen LogP contribution in [-0.2, 0) is 9.59 Å². The van der Waals surface area contributed by atoms with Gasteiger partial charge in [0.05, 0.1) is 6.67 Å². The van der Waals surface area contributed by atoms with Gasteiger partial charge in [-0.25, -0.2) is 0 Å². The van der Waals surface area contributed by atoms with E-state index in [1.807, 2.05) is 0 Å². The minimum absolute atomic E-state index is 0.0461. The predicted molar refractivity (Wildman–Crippen MR) is 106 cm³/mol. The van der Waals surface area contributed by atoms with Crippen LogP contribution in [0.3, 0.4) is 0 Å². The van der Waals surface area contributed by atoms with Crippen molar-refractivity contribution in [1.29, 1.82) is 0 Å². The zero-order valence-electron chi connectivity index (χ0n) is 16.8. The zero-order chi connectivity index (χ0) is 18.6. The van der Waals surface area contributed by atoms with Gasteiger partial charge in [-0.3, -0.25) is 9.59 Å². The lowest BCUT2D eigenvalue weighted by molar-refractivity contribution is -0.123. The topological polar surface area (TPSA) is 58.2 Å². The fourth-order valence-corrected chi connectivity index (χ4v) is 2.90. The quantitative estimate of drug-likeness (QED) is 0.254. The van der Waals surface area contributed by atoms with Crippen LogP contribution in [0.5, 0.6) is 0 Å².